The van der Waals surface area contributed by atoms with E-state index in [-0.39, 0.29) is 11.6 Å². The van der Waals surface area contributed by atoms with E-state index in [0.717, 1.165) is 17.9 Å². The van der Waals surface area contributed by atoms with Gasteiger partial charge in [0, 0.05) is 17.6 Å². The first-order chi connectivity index (χ1) is 8.29. The van der Waals surface area contributed by atoms with Gasteiger partial charge in [0.05, 0.1) is 6.10 Å². The number of aliphatic hydroxyl groups is 1. The monoisotopic (exact) mass is 251 g/mol. The predicted octanol–water partition coefficient (Wildman–Crippen LogP) is 2.72. The minimum absolute atomic E-state index is 0.0724. The zero-order chi connectivity index (χ0) is 13.8. The molecule has 3 nitrogen and oxygen atoms in total. The molecule has 1 rings (SSSR count). The molecule has 102 valence electrons. The number of hydrogen-bond acceptors (Lipinski definition) is 3. The molecular weight excluding hydrogens is 226 g/mol. The number of aliphatic hydroxyl groups excluding tert-OH is 1. The van der Waals surface area contributed by atoms with Crippen molar-refractivity contribution in [1.29, 1.82) is 0 Å². The summed E-state index contributed by atoms with van der Waals surface area (Å²) in [5, 5.41) is 12.9. The Bertz CT molecular complexity index is 369. The van der Waals surface area contributed by atoms with E-state index in [9.17, 15) is 5.11 Å². The molecule has 2 unspecified atom stereocenters. The summed E-state index contributed by atoms with van der Waals surface area (Å²) in [5.41, 5.74) is 1.18. The fourth-order valence-electron chi connectivity index (χ4n) is 1.42. The topological polar surface area (TPSA) is 41.5 Å². The van der Waals surface area contributed by atoms with Gasteiger partial charge in [0.2, 0.25) is 0 Å². The van der Waals surface area contributed by atoms with E-state index in [1.165, 1.54) is 0 Å². The fraction of sp³-hybridized carbons (Fsp3) is 0.600. The van der Waals surface area contributed by atoms with Gasteiger partial charge in [-0.25, -0.2) is 0 Å². The minimum Gasteiger partial charge on any atom is -0.488 e. The summed E-state index contributed by atoms with van der Waals surface area (Å²) in [6, 6.07) is 7.94. The number of rotatable bonds is 5. The summed E-state index contributed by atoms with van der Waals surface area (Å²) < 4.78 is 5.78. The highest BCUT2D eigenvalue weighted by Crippen LogP contribution is 2.20. The fourth-order valence-corrected chi connectivity index (χ4v) is 1.42. The maximum atomic E-state index is 9.49. The SMILES string of the molecule is CC(O)C(C)Oc1ccccc1CNC(C)(C)C. The Labute approximate surface area is 110 Å². The Kier molecular flexibility index (Phi) is 5.17. The molecule has 0 aliphatic heterocycles. The molecule has 2 N–H and O–H groups in total. The van der Waals surface area contributed by atoms with Gasteiger partial charge in [-0.15, -0.1) is 0 Å². The van der Waals surface area contributed by atoms with Crippen molar-refractivity contribution in [3.63, 3.8) is 0 Å². The highest BCUT2D eigenvalue weighted by atomic mass is 16.5. The van der Waals surface area contributed by atoms with Crippen molar-refractivity contribution in [2.75, 3.05) is 0 Å². The van der Waals surface area contributed by atoms with E-state index >= 15 is 0 Å². The van der Waals surface area contributed by atoms with Crippen LogP contribution in [0.2, 0.25) is 0 Å². The number of hydrogen-bond donors (Lipinski definition) is 2. The van der Waals surface area contributed by atoms with Gasteiger partial charge in [0.1, 0.15) is 11.9 Å². The Hall–Kier alpha value is -1.06. The lowest BCUT2D eigenvalue weighted by Crippen LogP contribution is -2.35. The van der Waals surface area contributed by atoms with Gasteiger partial charge in [-0.1, -0.05) is 18.2 Å². The van der Waals surface area contributed by atoms with E-state index < -0.39 is 6.10 Å². The van der Waals surface area contributed by atoms with Gasteiger partial charge in [0.25, 0.3) is 0 Å². The van der Waals surface area contributed by atoms with Crippen molar-refractivity contribution in [2.45, 2.75) is 58.9 Å². The Morgan fingerprint density at radius 1 is 1.22 bits per heavy atom. The van der Waals surface area contributed by atoms with E-state index in [1.54, 1.807) is 6.92 Å². The zero-order valence-electron chi connectivity index (χ0n) is 12.0. The lowest BCUT2D eigenvalue weighted by molar-refractivity contribution is 0.0597. The van der Waals surface area contributed by atoms with Crippen molar-refractivity contribution in [3.05, 3.63) is 29.8 Å². The smallest absolute Gasteiger partial charge is 0.124 e. The van der Waals surface area contributed by atoms with Crippen LogP contribution in [0.3, 0.4) is 0 Å². The van der Waals surface area contributed by atoms with E-state index in [1.807, 2.05) is 31.2 Å². The van der Waals surface area contributed by atoms with Gasteiger partial charge < -0.3 is 15.2 Å². The third kappa shape index (κ3) is 5.07. The van der Waals surface area contributed by atoms with Crippen molar-refractivity contribution >= 4 is 0 Å². The van der Waals surface area contributed by atoms with E-state index in [4.69, 9.17) is 4.74 Å². The van der Waals surface area contributed by atoms with Gasteiger partial charge in [-0.05, 0) is 40.7 Å². The average Bonchev–Trinajstić information content (AvgIpc) is 2.26. The van der Waals surface area contributed by atoms with Crippen LogP contribution in [-0.2, 0) is 6.54 Å². The van der Waals surface area contributed by atoms with Gasteiger partial charge in [-0.3, -0.25) is 0 Å². The summed E-state index contributed by atoms with van der Waals surface area (Å²) in [4.78, 5) is 0. The Morgan fingerprint density at radius 2 is 1.83 bits per heavy atom. The van der Waals surface area contributed by atoms with Crippen LogP contribution < -0.4 is 10.1 Å². The maximum Gasteiger partial charge on any atom is 0.124 e. The number of nitrogens with one attached hydrogen (secondary N) is 1. The van der Waals surface area contributed by atoms with Crippen molar-refractivity contribution in [3.8, 4) is 5.75 Å². The maximum absolute atomic E-state index is 9.49. The molecule has 0 aromatic heterocycles. The summed E-state index contributed by atoms with van der Waals surface area (Å²) in [5.74, 6) is 0.836. The van der Waals surface area contributed by atoms with Crippen molar-refractivity contribution in [1.82, 2.24) is 5.32 Å². The van der Waals surface area contributed by atoms with Crippen LogP contribution in [0, 0.1) is 0 Å². The zero-order valence-corrected chi connectivity index (χ0v) is 12.0. The first-order valence-corrected chi connectivity index (χ1v) is 6.47. The van der Waals surface area contributed by atoms with Crippen LogP contribution in [0.4, 0.5) is 0 Å². The summed E-state index contributed by atoms with van der Waals surface area (Å²) in [6.07, 6.45) is -0.686. The molecule has 0 aliphatic rings. The van der Waals surface area contributed by atoms with Crippen LogP contribution in [0.1, 0.15) is 40.2 Å². The molecule has 2 atom stereocenters. The quantitative estimate of drug-likeness (QED) is 0.845. The molecule has 0 radical (unpaired) electrons. The molecule has 0 bridgehead atoms. The Morgan fingerprint density at radius 3 is 2.39 bits per heavy atom. The molecule has 3 heteroatoms. The second-order valence-electron chi connectivity index (χ2n) is 5.77. The summed E-state index contributed by atoms with van der Waals surface area (Å²) >= 11 is 0. The van der Waals surface area contributed by atoms with Crippen LogP contribution >= 0.6 is 0 Å². The molecule has 18 heavy (non-hydrogen) atoms. The normalized spacial score (nSPS) is 15.2. The third-order valence-electron chi connectivity index (χ3n) is 2.77. The van der Waals surface area contributed by atoms with Crippen LogP contribution in [0.15, 0.2) is 24.3 Å². The standard InChI is InChI=1S/C15H25NO2/c1-11(17)12(2)18-14-9-7-6-8-13(14)10-16-15(3,4)5/h6-9,11-12,16-17H,10H2,1-5H3. The highest BCUT2D eigenvalue weighted by molar-refractivity contribution is 5.33. The molecule has 0 saturated heterocycles. The summed E-state index contributed by atoms with van der Waals surface area (Å²) in [6.45, 7) is 10.8. The predicted molar refractivity (Wildman–Crippen MR) is 74.8 cm³/mol. The number of para-hydroxylation sites is 1. The molecule has 1 aromatic rings. The molecule has 0 amide bonds. The largest absolute Gasteiger partial charge is 0.488 e. The average molecular weight is 251 g/mol. The van der Waals surface area contributed by atoms with Gasteiger partial charge in [-0.2, -0.15) is 0 Å². The second kappa shape index (κ2) is 6.21. The van der Waals surface area contributed by atoms with E-state index in [0.29, 0.717) is 0 Å². The lowest BCUT2D eigenvalue weighted by atomic mass is 10.1. The first kappa shape index (κ1) is 15.0. The van der Waals surface area contributed by atoms with E-state index in [2.05, 4.69) is 26.1 Å². The molecule has 0 heterocycles. The number of benzene rings is 1. The highest BCUT2D eigenvalue weighted by Gasteiger charge is 2.14. The third-order valence-corrected chi connectivity index (χ3v) is 2.77. The minimum atomic E-state index is -0.478. The summed E-state index contributed by atoms with van der Waals surface area (Å²) in [7, 11) is 0. The molecule has 0 aliphatic carbocycles. The molecular formula is C15H25NO2. The van der Waals surface area contributed by atoms with Gasteiger partial charge >= 0.3 is 0 Å². The van der Waals surface area contributed by atoms with Crippen LogP contribution in [0.25, 0.3) is 0 Å². The van der Waals surface area contributed by atoms with Crippen molar-refractivity contribution < 1.29 is 9.84 Å². The molecule has 1 aromatic carbocycles. The molecule has 0 saturated carbocycles. The molecule has 0 spiro atoms. The van der Waals surface area contributed by atoms with Gasteiger partial charge in [0.15, 0.2) is 0 Å². The lowest BCUT2D eigenvalue weighted by Gasteiger charge is -2.23. The first-order valence-electron chi connectivity index (χ1n) is 6.47. The van der Waals surface area contributed by atoms with Crippen LogP contribution in [0.5, 0.6) is 5.75 Å². The molecule has 0 fully saturated rings. The van der Waals surface area contributed by atoms with Crippen LogP contribution in [-0.4, -0.2) is 22.9 Å². The Balaban J connectivity index is 2.73. The van der Waals surface area contributed by atoms with Crippen molar-refractivity contribution in [2.24, 2.45) is 0 Å². The number of ether oxygens (including phenoxy) is 1. The second-order valence-corrected chi connectivity index (χ2v) is 5.77.